The Balaban J connectivity index is 1.29. The Morgan fingerprint density at radius 3 is 2.28 bits per heavy atom. The van der Waals surface area contributed by atoms with E-state index >= 15 is 0 Å². The molecule has 1 aromatic carbocycles. The van der Waals surface area contributed by atoms with Gasteiger partial charge in [0.15, 0.2) is 5.54 Å². The van der Waals surface area contributed by atoms with E-state index in [1.165, 1.54) is 4.90 Å². The molecule has 2 aliphatic carbocycles. The van der Waals surface area contributed by atoms with Gasteiger partial charge in [-0.3, -0.25) is 14.3 Å². The minimum absolute atomic E-state index is 0.0318. The van der Waals surface area contributed by atoms with Crippen LogP contribution in [-0.2, 0) is 16.1 Å². The van der Waals surface area contributed by atoms with E-state index in [-0.39, 0.29) is 31.0 Å². The number of aromatic nitrogens is 2. The summed E-state index contributed by atoms with van der Waals surface area (Å²) < 4.78 is 49.1. The monoisotopic (exact) mass is 701 g/mol. The van der Waals surface area contributed by atoms with E-state index in [1.807, 2.05) is 13.8 Å². The van der Waals surface area contributed by atoms with Crippen molar-refractivity contribution in [2.75, 3.05) is 18.4 Å². The van der Waals surface area contributed by atoms with Gasteiger partial charge >= 0.3 is 18.3 Å². The van der Waals surface area contributed by atoms with Crippen molar-refractivity contribution in [3.8, 4) is 0 Å². The number of amides is 5. The summed E-state index contributed by atoms with van der Waals surface area (Å²) in [6.07, 6.45) is 0.130. The second kappa shape index (κ2) is 12.8. The number of carbonyl (C=O) groups excluding carboxylic acids is 4. The molecule has 4 aliphatic rings. The molecule has 15 heteroatoms. The Morgan fingerprint density at radius 2 is 1.72 bits per heavy atom. The number of urea groups is 1. The van der Waals surface area contributed by atoms with Crippen LogP contribution >= 0.6 is 0 Å². The highest BCUT2D eigenvalue weighted by Crippen LogP contribution is 2.51. The van der Waals surface area contributed by atoms with Crippen LogP contribution in [0.4, 0.5) is 28.4 Å². The second-order valence-electron chi connectivity index (χ2n) is 15.6. The summed E-state index contributed by atoms with van der Waals surface area (Å²) in [5.74, 6) is -0.147. The lowest BCUT2D eigenvalue weighted by atomic mass is 9.88. The average Bonchev–Trinajstić information content (AvgIpc) is 3.95. The molecule has 3 N–H and O–H groups in total. The highest BCUT2D eigenvalue weighted by molar-refractivity contribution is 6.01. The number of carbonyl (C=O) groups is 4. The maximum absolute atomic E-state index is 14.1. The van der Waals surface area contributed by atoms with Gasteiger partial charge in [-0.2, -0.15) is 18.3 Å². The Kier molecular flexibility index (Phi) is 9.09. The van der Waals surface area contributed by atoms with E-state index in [2.05, 4.69) is 21.0 Å². The number of hydrogen-bond donors (Lipinski definition) is 3. The zero-order valence-corrected chi connectivity index (χ0v) is 29.3. The van der Waals surface area contributed by atoms with Crippen LogP contribution in [0.1, 0.15) is 101 Å². The molecule has 2 aliphatic heterocycles. The average molecular weight is 702 g/mol. The van der Waals surface area contributed by atoms with Crippen LogP contribution in [0.5, 0.6) is 0 Å². The third-order valence-corrected chi connectivity index (χ3v) is 9.99. The lowest BCUT2D eigenvalue weighted by Gasteiger charge is -2.39. The Morgan fingerprint density at radius 1 is 1.06 bits per heavy atom. The second-order valence-corrected chi connectivity index (χ2v) is 15.6. The van der Waals surface area contributed by atoms with Crippen molar-refractivity contribution in [3.05, 3.63) is 47.3 Å². The van der Waals surface area contributed by atoms with Gasteiger partial charge in [-0.15, -0.1) is 0 Å². The molecule has 2 saturated carbocycles. The summed E-state index contributed by atoms with van der Waals surface area (Å²) in [5, 5.41) is 12.4. The molecule has 50 heavy (non-hydrogen) atoms. The van der Waals surface area contributed by atoms with Gasteiger partial charge in [0, 0.05) is 31.0 Å². The summed E-state index contributed by atoms with van der Waals surface area (Å²) in [4.78, 5) is 56.5. The summed E-state index contributed by atoms with van der Waals surface area (Å²) in [6, 6.07) is 3.93. The SMILES string of the molecule is CC(C)n1nccc1C(=O)N[C@H](C(=O)Nc1ccc2c(c1)CN(C(=O)OC(C)(C)C)CC2N1C[C@@](C)(C(F)(F)F)NC1=O)C(C1CC1)C1CC1. The number of ether oxygens (including phenoxy) is 1. The van der Waals surface area contributed by atoms with Gasteiger partial charge in [-0.05, 0) is 114 Å². The first kappa shape index (κ1) is 35.5. The van der Waals surface area contributed by atoms with E-state index in [0.717, 1.165) is 37.5 Å². The predicted molar refractivity (Wildman–Crippen MR) is 177 cm³/mol. The molecule has 272 valence electrons. The number of nitrogens with one attached hydrogen (secondary N) is 3. The number of fused-ring (bicyclic) bond motifs is 1. The molecule has 2 aromatic rings. The maximum atomic E-state index is 14.1. The third-order valence-electron chi connectivity index (χ3n) is 9.99. The highest BCUT2D eigenvalue weighted by Gasteiger charge is 2.59. The van der Waals surface area contributed by atoms with Crippen molar-refractivity contribution in [1.82, 2.24) is 30.2 Å². The molecule has 1 unspecified atom stereocenters. The van der Waals surface area contributed by atoms with Crippen LogP contribution in [-0.4, -0.2) is 80.0 Å². The van der Waals surface area contributed by atoms with E-state index in [9.17, 15) is 32.3 Å². The third kappa shape index (κ3) is 7.27. The van der Waals surface area contributed by atoms with Crippen LogP contribution in [0.3, 0.4) is 0 Å². The summed E-state index contributed by atoms with van der Waals surface area (Å²) in [7, 11) is 0. The van der Waals surface area contributed by atoms with Crippen LogP contribution in [0, 0.1) is 17.8 Å². The lowest BCUT2D eigenvalue weighted by Crippen LogP contribution is -2.53. The highest BCUT2D eigenvalue weighted by atomic mass is 19.4. The van der Waals surface area contributed by atoms with Crippen molar-refractivity contribution < 1.29 is 37.1 Å². The molecule has 3 heterocycles. The fourth-order valence-corrected chi connectivity index (χ4v) is 7.20. The number of rotatable bonds is 9. The first-order valence-corrected chi connectivity index (χ1v) is 17.3. The lowest BCUT2D eigenvalue weighted by molar-refractivity contribution is -0.184. The minimum Gasteiger partial charge on any atom is -0.444 e. The number of nitrogens with zero attached hydrogens (tertiary/aromatic N) is 4. The molecular formula is C35H46F3N7O5. The zero-order chi connectivity index (χ0) is 36.3. The van der Waals surface area contributed by atoms with Gasteiger partial charge in [0.25, 0.3) is 5.91 Å². The molecule has 12 nitrogen and oxygen atoms in total. The number of benzene rings is 1. The topological polar surface area (TPSA) is 138 Å². The van der Waals surface area contributed by atoms with Crippen molar-refractivity contribution >= 4 is 29.6 Å². The fraction of sp³-hybridized carbons (Fsp3) is 0.629. The molecule has 0 spiro atoms. The van der Waals surface area contributed by atoms with Gasteiger partial charge in [-0.1, -0.05) is 6.07 Å². The minimum atomic E-state index is -4.70. The van der Waals surface area contributed by atoms with Crippen molar-refractivity contribution in [2.45, 2.75) is 109 Å². The number of anilines is 1. The molecule has 1 saturated heterocycles. The first-order chi connectivity index (χ1) is 23.3. The van der Waals surface area contributed by atoms with Crippen molar-refractivity contribution in [1.29, 1.82) is 0 Å². The molecule has 6 rings (SSSR count). The first-order valence-electron chi connectivity index (χ1n) is 17.3. The molecule has 3 atom stereocenters. The van der Waals surface area contributed by atoms with Crippen LogP contribution in [0.2, 0.25) is 0 Å². The molecule has 1 aromatic heterocycles. The van der Waals surface area contributed by atoms with Crippen molar-refractivity contribution in [3.63, 3.8) is 0 Å². The van der Waals surface area contributed by atoms with Gasteiger partial charge < -0.3 is 30.5 Å². The predicted octanol–water partition coefficient (Wildman–Crippen LogP) is 5.78. The van der Waals surface area contributed by atoms with Gasteiger partial charge in [-0.25, -0.2) is 9.59 Å². The smallest absolute Gasteiger partial charge is 0.413 e. The Labute approximate surface area is 289 Å². The zero-order valence-electron chi connectivity index (χ0n) is 29.3. The largest absolute Gasteiger partial charge is 0.444 e. The Hall–Kier alpha value is -4.30. The number of halogens is 3. The van der Waals surface area contributed by atoms with E-state index in [1.54, 1.807) is 55.9 Å². The quantitative estimate of drug-likeness (QED) is 0.304. The number of hydrogen-bond acceptors (Lipinski definition) is 6. The fourth-order valence-electron chi connectivity index (χ4n) is 7.20. The maximum Gasteiger partial charge on any atom is 0.413 e. The molecule has 0 bridgehead atoms. The summed E-state index contributed by atoms with van der Waals surface area (Å²) in [5.41, 5.74) is -1.46. The van der Waals surface area contributed by atoms with E-state index < -0.39 is 54.0 Å². The van der Waals surface area contributed by atoms with Gasteiger partial charge in [0.2, 0.25) is 5.91 Å². The number of alkyl halides is 3. The Bertz CT molecular complexity index is 1650. The molecular weight excluding hydrogens is 655 g/mol. The molecule has 0 radical (unpaired) electrons. The molecule has 5 amide bonds. The van der Waals surface area contributed by atoms with Crippen LogP contribution in [0.15, 0.2) is 30.5 Å². The van der Waals surface area contributed by atoms with Gasteiger partial charge in [0.05, 0.1) is 12.6 Å². The van der Waals surface area contributed by atoms with Crippen LogP contribution < -0.4 is 16.0 Å². The van der Waals surface area contributed by atoms with E-state index in [0.29, 0.717) is 34.3 Å². The summed E-state index contributed by atoms with van der Waals surface area (Å²) in [6.45, 7) is 9.20. The van der Waals surface area contributed by atoms with Crippen LogP contribution in [0.25, 0.3) is 0 Å². The van der Waals surface area contributed by atoms with Gasteiger partial charge in [0.1, 0.15) is 17.3 Å². The van der Waals surface area contributed by atoms with E-state index in [4.69, 9.17) is 4.74 Å². The standard InChI is InChI=1S/C35H46F3N7O5/c1-19(2)45-25(13-14-39-45)29(46)41-28(27(20-7-8-20)21-9-10-21)30(47)40-23-11-12-24-22(15-23)16-43(32(49)50-33(3,4)5)17-26(24)44-18-34(6,35(36,37)38)42-31(44)48/h11-15,19-21,26-28H,7-10,16-18H2,1-6H3,(H,40,47)(H,41,46)(H,42,48)/t26?,28-,34-/m0/s1. The normalized spacial score (nSPS) is 23.1. The van der Waals surface area contributed by atoms with Crippen molar-refractivity contribution in [2.24, 2.45) is 17.8 Å². The molecule has 3 fully saturated rings. The summed E-state index contributed by atoms with van der Waals surface area (Å²) >= 11 is 0.